The third-order valence-electron chi connectivity index (χ3n) is 2.85. The molecule has 1 atom stereocenters. The van der Waals surface area contributed by atoms with Gasteiger partial charge in [-0.25, -0.2) is 0 Å². The Kier molecular flexibility index (Phi) is 3.57. The zero-order chi connectivity index (χ0) is 9.14. The Balaban J connectivity index is 2.26. The second-order valence-corrected chi connectivity index (χ2v) is 4.87. The minimum Gasteiger partial charge on any atom is -0.301 e. The molecule has 0 amide bonds. The topological polar surface area (TPSA) is 3.24 Å². The van der Waals surface area contributed by atoms with Crippen LogP contribution in [0.5, 0.6) is 0 Å². The molecular formula is C11H23N. The fourth-order valence-electron chi connectivity index (χ4n) is 2.19. The summed E-state index contributed by atoms with van der Waals surface area (Å²) in [4.78, 5) is 2.60. The van der Waals surface area contributed by atoms with Gasteiger partial charge in [-0.3, -0.25) is 0 Å². The second kappa shape index (κ2) is 4.27. The molecule has 12 heavy (non-hydrogen) atoms. The van der Waals surface area contributed by atoms with E-state index in [1.54, 1.807) is 0 Å². The third-order valence-corrected chi connectivity index (χ3v) is 2.85. The van der Waals surface area contributed by atoms with Crippen molar-refractivity contribution in [3.63, 3.8) is 0 Å². The zero-order valence-corrected chi connectivity index (χ0v) is 9.01. The van der Waals surface area contributed by atoms with E-state index in [0.29, 0.717) is 0 Å². The summed E-state index contributed by atoms with van der Waals surface area (Å²) >= 11 is 0. The summed E-state index contributed by atoms with van der Waals surface area (Å²) in [6.07, 6.45) is 2.85. The number of hydrogen-bond donors (Lipinski definition) is 0. The monoisotopic (exact) mass is 169 g/mol. The normalized spacial score (nSPS) is 26.0. The minimum atomic E-state index is 0.752. The molecular weight excluding hydrogens is 146 g/mol. The van der Waals surface area contributed by atoms with Crippen molar-refractivity contribution in [1.29, 1.82) is 0 Å². The van der Waals surface area contributed by atoms with Crippen molar-refractivity contribution in [2.45, 2.75) is 46.6 Å². The Labute approximate surface area is 77.1 Å². The fraction of sp³-hybridized carbons (Fsp3) is 1.00. The summed E-state index contributed by atoms with van der Waals surface area (Å²) in [5.41, 5.74) is 0. The molecule has 0 aromatic carbocycles. The Morgan fingerprint density at radius 2 is 1.92 bits per heavy atom. The van der Waals surface area contributed by atoms with Gasteiger partial charge in [0.1, 0.15) is 0 Å². The van der Waals surface area contributed by atoms with Crippen LogP contribution in [-0.2, 0) is 0 Å². The predicted molar refractivity (Wildman–Crippen MR) is 54.3 cm³/mol. The molecule has 1 aliphatic rings. The van der Waals surface area contributed by atoms with Crippen LogP contribution < -0.4 is 0 Å². The van der Waals surface area contributed by atoms with Crippen molar-refractivity contribution in [3.05, 3.63) is 0 Å². The van der Waals surface area contributed by atoms with Crippen LogP contribution in [0.25, 0.3) is 0 Å². The molecule has 1 heterocycles. The van der Waals surface area contributed by atoms with Crippen LogP contribution in [0, 0.1) is 11.8 Å². The number of nitrogens with zero attached hydrogens (tertiary/aromatic N) is 1. The summed E-state index contributed by atoms with van der Waals surface area (Å²) in [5, 5.41) is 0. The molecule has 0 bridgehead atoms. The molecule has 0 aromatic heterocycles. The molecule has 0 aliphatic carbocycles. The number of likely N-dealkylation sites (tertiary alicyclic amines) is 1. The van der Waals surface area contributed by atoms with Gasteiger partial charge in [-0.2, -0.15) is 0 Å². The highest BCUT2D eigenvalue weighted by Gasteiger charge is 2.24. The van der Waals surface area contributed by atoms with E-state index < -0.39 is 0 Å². The Morgan fingerprint density at radius 3 is 2.33 bits per heavy atom. The van der Waals surface area contributed by atoms with Gasteiger partial charge in [-0.1, -0.05) is 13.8 Å². The van der Waals surface area contributed by atoms with Gasteiger partial charge in [-0.05, 0) is 45.1 Å². The van der Waals surface area contributed by atoms with Crippen molar-refractivity contribution in [2.24, 2.45) is 11.8 Å². The molecule has 0 radical (unpaired) electrons. The van der Waals surface area contributed by atoms with E-state index in [2.05, 4.69) is 32.6 Å². The van der Waals surface area contributed by atoms with Gasteiger partial charge >= 0.3 is 0 Å². The SMILES string of the molecule is CC(C)C[C@@H]1CCN(C(C)C)C1. The first-order chi connectivity index (χ1) is 5.59. The number of hydrogen-bond acceptors (Lipinski definition) is 1. The lowest BCUT2D eigenvalue weighted by Gasteiger charge is -2.20. The highest BCUT2D eigenvalue weighted by Crippen LogP contribution is 2.24. The van der Waals surface area contributed by atoms with Gasteiger partial charge in [0.05, 0.1) is 0 Å². The van der Waals surface area contributed by atoms with E-state index >= 15 is 0 Å². The van der Waals surface area contributed by atoms with Gasteiger partial charge in [0.2, 0.25) is 0 Å². The maximum atomic E-state index is 2.60. The van der Waals surface area contributed by atoms with E-state index in [1.807, 2.05) is 0 Å². The molecule has 1 saturated heterocycles. The van der Waals surface area contributed by atoms with Crippen molar-refractivity contribution < 1.29 is 0 Å². The maximum Gasteiger partial charge on any atom is 0.00387 e. The van der Waals surface area contributed by atoms with E-state index in [-0.39, 0.29) is 0 Å². The summed E-state index contributed by atoms with van der Waals surface area (Å²) in [7, 11) is 0. The molecule has 1 heteroatoms. The van der Waals surface area contributed by atoms with Gasteiger partial charge in [0, 0.05) is 12.6 Å². The first-order valence-corrected chi connectivity index (χ1v) is 5.33. The van der Waals surface area contributed by atoms with Crippen LogP contribution in [-0.4, -0.2) is 24.0 Å². The van der Waals surface area contributed by atoms with E-state index in [0.717, 1.165) is 17.9 Å². The van der Waals surface area contributed by atoms with Crippen LogP contribution in [0.4, 0.5) is 0 Å². The van der Waals surface area contributed by atoms with Crippen LogP contribution in [0.1, 0.15) is 40.5 Å². The van der Waals surface area contributed by atoms with Crippen molar-refractivity contribution >= 4 is 0 Å². The van der Waals surface area contributed by atoms with Gasteiger partial charge in [0.15, 0.2) is 0 Å². The molecule has 0 aromatic rings. The fourth-order valence-corrected chi connectivity index (χ4v) is 2.19. The van der Waals surface area contributed by atoms with E-state index in [4.69, 9.17) is 0 Å². The van der Waals surface area contributed by atoms with Crippen molar-refractivity contribution in [2.75, 3.05) is 13.1 Å². The third kappa shape index (κ3) is 2.78. The predicted octanol–water partition coefficient (Wildman–Crippen LogP) is 2.76. The summed E-state index contributed by atoms with van der Waals surface area (Å²) < 4.78 is 0. The van der Waals surface area contributed by atoms with Crippen LogP contribution >= 0.6 is 0 Å². The van der Waals surface area contributed by atoms with Crippen molar-refractivity contribution in [3.8, 4) is 0 Å². The summed E-state index contributed by atoms with van der Waals surface area (Å²) in [6, 6.07) is 0.752. The van der Waals surface area contributed by atoms with Gasteiger partial charge in [0.25, 0.3) is 0 Å². The summed E-state index contributed by atoms with van der Waals surface area (Å²) in [5.74, 6) is 1.86. The highest BCUT2D eigenvalue weighted by molar-refractivity contribution is 4.78. The van der Waals surface area contributed by atoms with E-state index in [9.17, 15) is 0 Å². The lowest BCUT2D eigenvalue weighted by molar-refractivity contribution is 0.259. The average molecular weight is 169 g/mol. The minimum absolute atomic E-state index is 0.752. The van der Waals surface area contributed by atoms with Crippen LogP contribution in [0.3, 0.4) is 0 Å². The molecule has 0 N–H and O–H groups in total. The molecule has 0 saturated carbocycles. The van der Waals surface area contributed by atoms with Gasteiger partial charge < -0.3 is 4.90 Å². The number of rotatable bonds is 3. The molecule has 1 nitrogen and oxygen atoms in total. The molecule has 0 unspecified atom stereocenters. The first-order valence-electron chi connectivity index (χ1n) is 5.33. The largest absolute Gasteiger partial charge is 0.301 e. The van der Waals surface area contributed by atoms with Gasteiger partial charge in [-0.15, -0.1) is 0 Å². The quantitative estimate of drug-likeness (QED) is 0.628. The molecule has 1 rings (SSSR count). The Morgan fingerprint density at radius 1 is 1.25 bits per heavy atom. The lowest BCUT2D eigenvalue weighted by Crippen LogP contribution is -2.28. The zero-order valence-electron chi connectivity index (χ0n) is 9.01. The first kappa shape index (κ1) is 10.0. The molecule has 1 aliphatic heterocycles. The molecule has 0 spiro atoms. The second-order valence-electron chi connectivity index (χ2n) is 4.87. The van der Waals surface area contributed by atoms with E-state index in [1.165, 1.54) is 25.9 Å². The summed E-state index contributed by atoms with van der Waals surface area (Å²) in [6.45, 7) is 11.9. The van der Waals surface area contributed by atoms with Crippen LogP contribution in [0.2, 0.25) is 0 Å². The average Bonchev–Trinajstić information content (AvgIpc) is 2.34. The Bertz CT molecular complexity index is 129. The maximum absolute atomic E-state index is 2.60. The molecule has 1 fully saturated rings. The lowest BCUT2D eigenvalue weighted by atomic mass is 9.97. The smallest absolute Gasteiger partial charge is 0.00387 e. The Hall–Kier alpha value is -0.0400. The standard InChI is InChI=1S/C11H23N/c1-9(2)7-11-5-6-12(8-11)10(3)4/h9-11H,5-8H2,1-4H3/t11-/m0/s1. The molecule has 72 valence electrons. The van der Waals surface area contributed by atoms with Crippen LogP contribution in [0.15, 0.2) is 0 Å². The van der Waals surface area contributed by atoms with Crippen molar-refractivity contribution in [1.82, 2.24) is 4.90 Å². The highest BCUT2D eigenvalue weighted by atomic mass is 15.2.